The summed E-state index contributed by atoms with van der Waals surface area (Å²) in [5.74, 6) is 4.35. The molecule has 4 aliphatic carbocycles. The molecule has 0 heterocycles. The van der Waals surface area contributed by atoms with Gasteiger partial charge in [0.15, 0.2) is 0 Å². The van der Waals surface area contributed by atoms with Crippen LogP contribution in [0.3, 0.4) is 0 Å². The van der Waals surface area contributed by atoms with E-state index in [-0.39, 0.29) is 16.2 Å². The summed E-state index contributed by atoms with van der Waals surface area (Å²) in [6.45, 7) is 19.4. The minimum Gasteiger partial charge on any atom is -0.0799 e. The van der Waals surface area contributed by atoms with Gasteiger partial charge in [0.25, 0.3) is 0 Å². The van der Waals surface area contributed by atoms with Crippen molar-refractivity contribution in [2.24, 2.45) is 52.3 Å². The van der Waals surface area contributed by atoms with E-state index < -0.39 is 0 Å². The second-order valence-electron chi connectivity index (χ2n) is 14.7. The Balaban J connectivity index is 1.77. The van der Waals surface area contributed by atoms with Crippen LogP contribution in [0, 0.1) is 52.3 Å². The van der Waals surface area contributed by atoms with Gasteiger partial charge >= 0.3 is 0 Å². The molecule has 5 atom stereocenters. The van der Waals surface area contributed by atoms with E-state index in [4.69, 9.17) is 0 Å². The van der Waals surface area contributed by atoms with Gasteiger partial charge < -0.3 is 0 Å². The van der Waals surface area contributed by atoms with Crippen molar-refractivity contribution in [3.05, 3.63) is 83.5 Å². The highest BCUT2D eigenvalue weighted by molar-refractivity contribution is 5.42. The van der Waals surface area contributed by atoms with Crippen LogP contribution < -0.4 is 0 Å². The zero-order chi connectivity index (χ0) is 25.9. The van der Waals surface area contributed by atoms with Crippen LogP contribution in [-0.4, -0.2) is 0 Å². The van der Waals surface area contributed by atoms with Gasteiger partial charge in [-0.1, -0.05) is 135 Å². The largest absolute Gasteiger partial charge is 0.0799 e. The van der Waals surface area contributed by atoms with Gasteiger partial charge in [0.05, 0.1) is 0 Å². The molecule has 0 aromatic heterocycles. The summed E-state index contributed by atoms with van der Waals surface area (Å²) in [5.41, 5.74) is 5.24. The average molecular weight is 483 g/mol. The van der Waals surface area contributed by atoms with Crippen molar-refractivity contribution in [2.45, 2.75) is 86.5 Å². The van der Waals surface area contributed by atoms with Gasteiger partial charge in [-0.05, 0) is 81.8 Å². The van der Waals surface area contributed by atoms with E-state index in [2.05, 4.69) is 122 Å². The third-order valence-corrected chi connectivity index (χ3v) is 10.4. The van der Waals surface area contributed by atoms with E-state index in [1.54, 1.807) is 5.56 Å². The van der Waals surface area contributed by atoms with Gasteiger partial charge in [0, 0.05) is 5.41 Å². The summed E-state index contributed by atoms with van der Waals surface area (Å²) in [4.78, 5) is 0. The number of hydrogen-bond acceptors (Lipinski definition) is 0. The third-order valence-electron chi connectivity index (χ3n) is 10.4. The lowest BCUT2D eigenvalue weighted by molar-refractivity contribution is 0.0692. The van der Waals surface area contributed by atoms with Gasteiger partial charge in [-0.2, -0.15) is 0 Å². The first kappa shape index (κ1) is 25.8. The van der Waals surface area contributed by atoms with E-state index >= 15 is 0 Å². The SMILES string of the molecule is CC(C)C(c1ccccc1)(C1CCCC1)C1C2C=C(C(C)(C)C)C=CC2C2C=CC(C(C)(C)C)=CC21. The monoisotopic (exact) mass is 482 g/mol. The van der Waals surface area contributed by atoms with Crippen LogP contribution in [0.2, 0.25) is 0 Å². The van der Waals surface area contributed by atoms with Crippen LogP contribution in [0.15, 0.2) is 77.9 Å². The Kier molecular flexibility index (Phi) is 6.58. The fraction of sp³-hybridized carbons (Fsp3) is 0.611. The molecule has 0 nitrogen and oxygen atoms in total. The Morgan fingerprint density at radius 3 is 1.56 bits per heavy atom. The standard InChI is InChI=1S/C36H50/c1-24(2)36(26-16-12-13-17-26,25-14-10-9-11-15-25)33-31-22-27(34(3,4)5)18-20-29(31)30-21-19-28(23-32(30)33)35(6,7)8/h9-11,14-15,18-24,26,29-33H,12-13,16-17H2,1-8H3. The molecule has 0 heteroatoms. The Labute approximate surface area is 222 Å². The van der Waals surface area contributed by atoms with Crippen LogP contribution in [0.1, 0.15) is 86.6 Å². The van der Waals surface area contributed by atoms with E-state index in [1.807, 2.05) is 0 Å². The molecule has 5 rings (SSSR count). The molecule has 2 saturated carbocycles. The summed E-state index contributed by atoms with van der Waals surface area (Å²) < 4.78 is 0. The topological polar surface area (TPSA) is 0 Å². The number of fused-ring (bicyclic) bond motifs is 3. The van der Waals surface area contributed by atoms with E-state index in [1.165, 1.54) is 36.8 Å². The van der Waals surface area contributed by atoms with Gasteiger partial charge in [0.1, 0.15) is 0 Å². The maximum atomic E-state index is 2.75. The Hall–Kier alpha value is -1.82. The summed E-state index contributed by atoms with van der Waals surface area (Å²) >= 11 is 0. The van der Waals surface area contributed by atoms with Crippen molar-refractivity contribution in [3.63, 3.8) is 0 Å². The van der Waals surface area contributed by atoms with Gasteiger partial charge in [-0.15, -0.1) is 0 Å². The summed E-state index contributed by atoms with van der Waals surface area (Å²) in [5, 5.41) is 0. The zero-order valence-corrected chi connectivity index (χ0v) is 24.2. The lowest BCUT2D eigenvalue weighted by Gasteiger charge is -2.52. The molecule has 36 heavy (non-hydrogen) atoms. The molecular formula is C36H50. The second-order valence-corrected chi connectivity index (χ2v) is 14.7. The van der Waals surface area contributed by atoms with Crippen LogP contribution in [-0.2, 0) is 5.41 Å². The average Bonchev–Trinajstić information content (AvgIpc) is 3.46. The van der Waals surface area contributed by atoms with Gasteiger partial charge in [0.2, 0.25) is 0 Å². The molecule has 0 aliphatic heterocycles. The van der Waals surface area contributed by atoms with E-state index in [0.29, 0.717) is 35.5 Å². The fourth-order valence-electron chi connectivity index (χ4n) is 8.80. The smallest absolute Gasteiger partial charge is 0.00441 e. The number of hydrogen-bond donors (Lipinski definition) is 0. The maximum Gasteiger partial charge on any atom is 0.00441 e. The molecule has 0 radical (unpaired) electrons. The molecule has 194 valence electrons. The van der Waals surface area contributed by atoms with E-state index in [0.717, 1.165) is 5.92 Å². The second kappa shape index (κ2) is 9.18. The van der Waals surface area contributed by atoms with Crippen LogP contribution in [0.4, 0.5) is 0 Å². The number of allylic oxidation sites excluding steroid dienone is 8. The quantitative estimate of drug-likeness (QED) is 0.400. The van der Waals surface area contributed by atoms with Crippen LogP contribution in [0.25, 0.3) is 0 Å². The normalized spacial score (nSPS) is 32.2. The van der Waals surface area contributed by atoms with Crippen molar-refractivity contribution in [1.29, 1.82) is 0 Å². The molecule has 4 aliphatic rings. The minimum absolute atomic E-state index is 0.183. The highest BCUT2D eigenvalue weighted by Crippen LogP contribution is 2.65. The molecular weight excluding hydrogens is 432 g/mol. The molecule has 1 aromatic rings. The van der Waals surface area contributed by atoms with Crippen molar-refractivity contribution in [2.75, 3.05) is 0 Å². The van der Waals surface area contributed by atoms with Crippen molar-refractivity contribution < 1.29 is 0 Å². The molecule has 1 aromatic carbocycles. The first-order valence-electron chi connectivity index (χ1n) is 14.8. The molecule has 0 amide bonds. The molecule has 2 fully saturated rings. The number of rotatable bonds is 4. The minimum atomic E-state index is 0.183. The first-order chi connectivity index (χ1) is 17.0. The summed E-state index contributed by atoms with van der Waals surface area (Å²) in [6, 6.07) is 11.8. The van der Waals surface area contributed by atoms with Crippen molar-refractivity contribution in [1.82, 2.24) is 0 Å². The number of benzene rings is 1. The van der Waals surface area contributed by atoms with Gasteiger partial charge in [-0.25, -0.2) is 0 Å². The van der Waals surface area contributed by atoms with E-state index in [9.17, 15) is 0 Å². The zero-order valence-electron chi connectivity index (χ0n) is 24.2. The maximum absolute atomic E-state index is 2.75. The Morgan fingerprint density at radius 1 is 0.667 bits per heavy atom. The van der Waals surface area contributed by atoms with Crippen molar-refractivity contribution in [3.8, 4) is 0 Å². The summed E-state index contributed by atoms with van der Waals surface area (Å²) in [6.07, 6.45) is 21.3. The molecule has 0 N–H and O–H groups in total. The summed E-state index contributed by atoms with van der Waals surface area (Å²) in [7, 11) is 0. The molecule has 0 bridgehead atoms. The predicted molar refractivity (Wildman–Crippen MR) is 156 cm³/mol. The molecule has 0 saturated heterocycles. The van der Waals surface area contributed by atoms with Crippen molar-refractivity contribution >= 4 is 0 Å². The Morgan fingerprint density at radius 2 is 1.14 bits per heavy atom. The lowest BCUT2D eigenvalue weighted by Crippen LogP contribution is -2.50. The third kappa shape index (κ3) is 4.12. The molecule has 0 spiro atoms. The highest BCUT2D eigenvalue weighted by Gasteiger charge is 2.60. The van der Waals surface area contributed by atoms with Crippen LogP contribution in [0.5, 0.6) is 0 Å². The first-order valence-corrected chi connectivity index (χ1v) is 14.8. The van der Waals surface area contributed by atoms with Crippen LogP contribution >= 0.6 is 0 Å². The highest BCUT2D eigenvalue weighted by atomic mass is 14.6. The fourth-order valence-corrected chi connectivity index (χ4v) is 8.80. The van der Waals surface area contributed by atoms with Gasteiger partial charge in [-0.3, -0.25) is 0 Å². The molecule has 5 unspecified atom stereocenters. The Bertz CT molecular complexity index is 1010. The lowest BCUT2D eigenvalue weighted by atomic mass is 9.51. The predicted octanol–water partition coefficient (Wildman–Crippen LogP) is 9.95.